The van der Waals surface area contributed by atoms with E-state index in [0.29, 0.717) is 5.56 Å². The molecule has 0 N–H and O–H groups in total. The van der Waals surface area contributed by atoms with Crippen LogP contribution in [0.4, 0.5) is 34.1 Å². The Hall–Kier alpha value is -11.5. The van der Waals surface area contributed by atoms with Crippen molar-refractivity contribution in [3.8, 4) is 62.0 Å². The molecule has 0 radical (unpaired) electrons. The zero-order chi connectivity index (χ0) is 55.9. The first-order valence-electron chi connectivity index (χ1n) is 28.4. The van der Waals surface area contributed by atoms with Crippen LogP contribution in [0.5, 0.6) is 0 Å². The van der Waals surface area contributed by atoms with Gasteiger partial charge in [0.25, 0.3) is 0 Å². The molecule has 0 atom stereocenters. The first kappa shape index (κ1) is 49.6. The molecule has 0 fully saturated rings. The molecule has 0 spiro atoms. The lowest BCUT2D eigenvalue weighted by molar-refractivity contribution is 1.18. The Kier molecular flexibility index (Phi) is 12.5. The molecule has 5 nitrogen and oxygen atoms in total. The van der Waals surface area contributed by atoms with Crippen molar-refractivity contribution >= 4 is 77.7 Å². The summed E-state index contributed by atoms with van der Waals surface area (Å²) in [5.74, 6) is 0. The standard InChI is InChI=1S/C79H53N5/c80-54-55-49-62(58-33-43-70(44-34-58)83-76-27-15-13-25-72(76)74-52-60(37-47-78(74)83)56-29-39-68(40-30-56)81(64-17-5-1-6-18-64)65-19-7-2-8-20-65)51-63(50-55)59-35-45-71(46-36-59)84-77-28-16-14-26-73(77)75-53-61(38-48-79(75)84)57-31-41-69(42-32-57)82(66-21-9-3-10-22-66)67-23-11-4-12-24-67/h1-53H. The van der Waals surface area contributed by atoms with E-state index in [1.807, 2.05) is 12.1 Å². The molecule has 0 aliphatic heterocycles. The fraction of sp³-hybridized carbons (Fsp3) is 0. The minimum atomic E-state index is 0.616. The lowest BCUT2D eigenvalue weighted by Crippen LogP contribution is -2.09. The van der Waals surface area contributed by atoms with Crippen LogP contribution >= 0.6 is 0 Å². The van der Waals surface area contributed by atoms with E-state index in [1.54, 1.807) is 0 Å². The predicted octanol–water partition coefficient (Wildman–Crippen LogP) is 21.4. The summed E-state index contributed by atoms with van der Waals surface area (Å²) in [6.07, 6.45) is 0. The molecular weight excluding hydrogens is 1020 g/mol. The van der Waals surface area contributed by atoms with Gasteiger partial charge in [0.2, 0.25) is 0 Å². The Morgan fingerprint density at radius 2 is 0.512 bits per heavy atom. The first-order valence-corrected chi connectivity index (χ1v) is 28.4. The van der Waals surface area contributed by atoms with Crippen LogP contribution < -0.4 is 9.80 Å². The zero-order valence-corrected chi connectivity index (χ0v) is 45.8. The quantitative estimate of drug-likeness (QED) is 0.122. The van der Waals surface area contributed by atoms with E-state index in [-0.39, 0.29) is 0 Å². The number of para-hydroxylation sites is 6. The summed E-state index contributed by atoms with van der Waals surface area (Å²) in [5, 5.41) is 15.2. The number of nitriles is 1. The van der Waals surface area contributed by atoms with Gasteiger partial charge >= 0.3 is 0 Å². The fourth-order valence-electron chi connectivity index (χ4n) is 12.3. The molecule has 15 aromatic rings. The molecule has 2 aromatic heterocycles. The summed E-state index contributed by atoms with van der Waals surface area (Å²) in [7, 11) is 0. The normalized spacial score (nSPS) is 11.3. The molecule has 15 rings (SSSR count). The number of fused-ring (bicyclic) bond motifs is 6. The van der Waals surface area contributed by atoms with Crippen LogP contribution in [0.1, 0.15) is 5.56 Å². The molecule has 5 heteroatoms. The van der Waals surface area contributed by atoms with E-state index >= 15 is 0 Å². The van der Waals surface area contributed by atoms with Gasteiger partial charge in [-0.1, -0.05) is 170 Å². The van der Waals surface area contributed by atoms with Gasteiger partial charge in [0, 0.05) is 67.0 Å². The minimum absolute atomic E-state index is 0.616. The van der Waals surface area contributed by atoms with E-state index < -0.39 is 0 Å². The fourth-order valence-corrected chi connectivity index (χ4v) is 12.3. The van der Waals surface area contributed by atoms with Gasteiger partial charge in [0.1, 0.15) is 0 Å². The second-order valence-corrected chi connectivity index (χ2v) is 21.3. The highest BCUT2D eigenvalue weighted by Crippen LogP contribution is 2.41. The molecule has 0 aliphatic rings. The smallest absolute Gasteiger partial charge is 0.0992 e. The lowest BCUT2D eigenvalue weighted by atomic mass is 9.96. The third-order valence-electron chi connectivity index (χ3n) is 16.3. The van der Waals surface area contributed by atoms with Crippen molar-refractivity contribution in [2.24, 2.45) is 0 Å². The van der Waals surface area contributed by atoms with Gasteiger partial charge in [0.05, 0.1) is 33.7 Å². The summed E-state index contributed by atoms with van der Waals surface area (Å²) in [6, 6.07) is 117. The second-order valence-electron chi connectivity index (χ2n) is 21.3. The number of nitrogens with zero attached hydrogens (tertiary/aromatic N) is 5. The molecule has 0 unspecified atom stereocenters. The van der Waals surface area contributed by atoms with Gasteiger partial charge in [-0.2, -0.15) is 5.26 Å². The monoisotopic (exact) mass is 1070 g/mol. The van der Waals surface area contributed by atoms with Gasteiger partial charge in [-0.3, -0.25) is 0 Å². The van der Waals surface area contributed by atoms with E-state index in [0.717, 1.165) is 112 Å². The first-order chi connectivity index (χ1) is 41.6. The average Bonchev–Trinajstić information content (AvgIpc) is 2.53. The Morgan fingerprint density at radius 3 is 0.869 bits per heavy atom. The summed E-state index contributed by atoms with van der Waals surface area (Å²) in [6.45, 7) is 0. The van der Waals surface area contributed by atoms with Crippen molar-refractivity contribution in [2.75, 3.05) is 9.80 Å². The molecule has 2 heterocycles. The maximum absolute atomic E-state index is 10.4. The van der Waals surface area contributed by atoms with Crippen LogP contribution in [0.2, 0.25) is 0 Å². The number of hydrogen-bond acceptors (Lipinski definition) is 3. The SMILES string of the molecule is N#Cc1cc(-c2ccc(-n3c4ccccc4c4cc(-c5ccc(N(c6ccccc6)c6ccccc6)cc5)ccc43)cc2)cc(-c2ccc(-n3c4ccccc4c4cc(-c5ccc(N(c6ccccc6)c6ccccc6)cc5)ccc43)cc2)c1. The van der Waals surface area contributed by atoms with Crippen LogP contribution in [-0.4, -0.2) is 9.13 Å². The molecule has 0 saturated heterocycles. The Balaban J connectivity index is 0.707. The van der Waals surface area contributed by atoms with Gasteiger partial charge in [0.15, 0.2) is 0 Å². The van der Waals surface area contributed by atoms with Crippen molar-refractivity contribution in [2.45, 2.75) is 0 Å². The molecule has 13 aromatic carbocycles. The lowest BCUT2D eigenvalue weighted by Gasteiger charge is -2.25. The Morgan fingerprint density at radius 1 is 0.226 bits per heavy atom. The van der Waals surface area contributed by atoms with Gasteiger partial charge in [-0.05, 0) is 196 Å². The highest BCUT2D eigenvalue weighted by atomic mass is 15.1. The van der Waals surface area contributed by atoms with Gasteiger partial charge < -0.3 is 18.9 Å². The number of benzene rings is 13. The third kappa shape index (κ3) is 9.02. The summed E-state index contributed by atoms with van der Waals surface area (Å²) in [4.78, 5) is 4.58. The maximum atomic E-state index is 10.4. The Bertz CT molecular complexity index is 4520. The largest absolute Gasteiger partial charge is 0.311 e. The number of hydrogen-bond donors (Lipinski definition) is 0. The molecule has 0 aliphatic carbocycles. The van der Waals surface area contributed by atoms with E-state index in [4.69, 9.17) is 0 Å². The highest BCUT2D eigenvalue weighted by molar-refractivity contribution is 6.12. The second kappa shape index (κ2) is 21.2. The Labute approximate surface area is 488 Å². The summed E-state index contributed by atoms with van der Waals surface area (Å²) >= 11 is 0. The van der Waals surface area contributed by atoms with E-state index in [9.17, 15) is 5.26 Å². The van der Waals surface area contributed by atoms with Crippen molar-refractivity contribution in [3.63, 3.8) is 0 Å². The van der Waals surface area contributed by atoms with Crippen molar-refractivity contribution in [1.82, 2.24) is 9.13 Å². The van der Waals surface area contributed by atoms with Crippen LogP contribution in [0, 0.1) is 11.3 Å². The number of anilines is 6. The molecule has 84 heavy (non-hydrogen) atoms. The van der Waals surface area contributed by atoms with Crippen molar-refractivity contribution in [1.29, 1.82) is 5.26 Å². The van der Waals surface area contributed by atoms with E-state index in [1.165, 1.54) is 21.5 Å². The van der Waals surface area contributed by atoms with Crippen LogP contribution in [0.3, 0.4) is 0 Å². The number of aromatic nitrogens is 2. The number of rotatable bonds is 12. The van der Waals surface area contributed by atoms with Crippen molar-refractivity contribution < 1.29 is 0 Å². The third-order valence-corrected chi connectivity index (χ3v) is 16.3. The molecule has 0 amide bonds. The molecule has 0 bridgehead atoms. The molecule has 0 saturated carbocycles. The van der Waals surface area contributed by atoms with Crippen LogP contribution in [0.25, 0.3) is 99.5 Å². The minimum Gasteiger partial charge on any atom is -0.311 e. The molecule has 394 valence electrons. The zero-order valence-electron chi connectivity index (χ0n) is 45.8. The molecular formula is C79H53N5. The van der Waals surface area contributed by atoms with Gasteiger partial charge in [-0.25, -0.2) is 0 Å². The predicted molar refractivity (Wildman–Crippen MR) is 351 cm³/mol. The van der Waals surface area contributed by atoms with Crippen molar-refractivity contribution in [3.05, 3.63) is 327 Å². The van der Waals surface area contributed by atoms with Crippen LogP contribution in [-0.2, 0) is 0 Å². The average molecular weight is 1070 g/mol. The highest BCUT2D eigenvalue weighted by Gasteiger charge is 2.19. The van der Waals surface area contributed by atoms with E-state index in [2.05, 4.69) is 334 Å². The van der Waals surface area contributed by atoms with Gasteiger partial charge in [-0.15, -0.1) is 0 Å². The van der Waals surface area contributed by atoms with Crippen LogP contribution in [0.15, 0.2) is 322 Å². The maximum Gasteiger partial charge on any atom is 0.0992 e. The topological polar surface area (TPSA) is 40.1 Å². The summed E-state index contributed by atoms with van der Waals surface area (Å²) < 4.78 is 4.72. The summed E-state index contributed by atoms with van der Waals surface area (Å²) in [5.41, 5.74) is 22.7.